The van der Waals surface area contributed by atoms with Gasteiger partial charge in [0.1, 0.15) is 17.2 Å². The largest absolute Gasteiger partial charge is 0.419 e. The van der Waals surface area contributed by atoms with Crippen molar-refractivity contribution in [2.45, 2.75) is 6.18 Å². The smallest absolute Gasteiger partial charge is 0.322 e. The highest BCUT2D eigenvalue weighted by atomic mass is 19.4. The van der Waals surface area contributed by atoms with Crippen molar-refractivity contribution in [3.63, 3.8) is 0 Å². The highest BCUT2D eigenvalue weighted by Gasteiger charge is 2.34. The minimum absolute atomic E-state index is 0.235. The lowest BCUT2D eigenvalue weighted by Gasteiger charge is -2.11. The molecule has 3 rings (SSSR count). The molecular weight excluding hydrogens is 366 g/mol. The van der Waals surface area contributed by atoms with Crippen molar-refractivity contribution in [2.75, 3.05) is 5.32 Å². The first-order valence-electron chi connectivity index (χ1n) is 7.58. The van der Waals surface area contributed by atoms with E-state index in [9.17, 15) is 27.2 Å². The average molecular weight is 377 g/mol. The van der Waals surface area contributed by atoms with E-state index in [0.717, 1.165) is 12.3 Å². The van der Waals surface area contributed by atoms with Crippen LogP contribution in [0.4, 0.5) is 23.2 Å². The molecule has 2 aromatic carbocycles. The number of hydrogen-bond donors (Lipinski definition) is 2. The predicted octanol–water partition coefficient (Wildman–Crippen LogP) is 3.85. The van der Waals surface area contributed by atoms with Crippen LogP contribution >= 0.6 is 0 Å². The van der Waals surface area contributed by atoms with Gasteiger partial charge in [-0.3, -0.25) is 9.59 Å². The van der Waals surface area contributed by atoms with Gasteiger partial charge in [-0.1, -0.05) is 30.3 Å². The third kappa shape index (κ3) is 4.02. The number of nitrogens with zero attached hydrogens (tertiary/aromatic N) is 1. The Morgan fingerprint density at radius 2 is 1.78 bits per heavy atom. The monoisotopic (exact) mass is 377 g/mol. The lowest BCUT2D eigenvalue weighted by atomic mass is 10.1. The summed E-state index contributed by atoms with van der Waals surface area (Å²) in [6.45, 7) is 0. The molecule has 0 aliphatic heterocycles. The molecule has 0 aliphatic rings. The van der Waals surface area contributed by atoms with Gasteiger partial charge in [-0.2, -0.15) is 13.2 Å². The van der Waals surface area contributed by atoms with Gasteiger partial charge in [-0.15, -0.1) is 0 Å². The van der Waals surface area contributed by atoms with E-state index in [0.29, 0.717) is 17.7 Å². The van der Waals surface area contributed by atoms with Crippen molar-refractivity contribution in [1.82, 2.24) is 9.97 Å². The number of aromatic nitrogens is 2. The van der Waals surface area contributed by atoms with Crippen LogP contribution in [0.15, 0.2) is 59.5 Å². The number of H-pyrrole nitrogens is 1. The number of alkyl halides is 3. The molecule has 138 valence electrons. The molecule has 2 N–H and O–H groups in total. The van der Waals surface area contributed by atoms with Gasteiger partial charge in [0.25, 0.3) is 11.5 Å². The minimum Gasteiger partial charge on any atom is -0.322 e. The van der Waals surface area contributed by atoms with E-state index in [2.05, 4.69) is 15.3 Å². The van der Waals surface area contributed by atoms with Crippen molar-refractivity contribution in [3.05, 3.63) is 82.0 Å². The Kier molecular flexibility index (Phi) is 4.76. The molecule has 0 aliphatic carbocycles. The second-order valence-electron chi connectivity index (χ2n) is 5.49. The Morgan fingerprint density at radius 3 is 2.41 bits per heavy atom. The van der Waals surface area contributed by atoms with Gasteiger partial charge in [0.15, 0.2) is 0 Å². The zero-order chi connectivity index (χ0) is 19.6. The van der Waals surface area contributed by atoms with E-state index in [4.69, 9.17) is 0 Å². The fourth-order valence-electron chi connectivity index (χ4n) is 2.32. The van der Waals surface area contributed by atoms with Crippen molar-refractivity contribution < 1.29 is 22.4 Å². The Labute approximate surface area is 149 Å². The van der Waals surface area contributed by atoms with E-state index >= 15 is 0 Å². The van der Waals surface area contributed by atoms with Crippen LogP contribution in [0.1, 0.15) is 15.9 Å². The zero-order valence-corrected chi connectivity index (χ0v) is 13.5. The first-order chi connectivity index (χ1) is 12.8. The molecule has 0 saturated carbocycles. The molecule has 1 heterocycles. The standard InChI is InChI=1S/C18H11F4N3O2/c19-14-7-6-11(8-13(14)18(20,21)22)24-16(26)12-9-23-15(25-17(12)27)10-4-2-1-3-5-10/h1-9H,(H,24,26)(H,23,25,27). The molecule has 5 nitrogen and oxygen atoms in total. The van der Waals surface area contributed by atoms with Crippen molar-refractivity contribution in [3.8, 4) is 11.4 Å². The van der Waals surface area contributed by atoms with Crippen LogP contribution in [0.3, 0.4) is 0 Å². The van der Waals surface area contributed by atoms with Crippen molar-refractivity contribution in [1.29, 1.82) is 0 Å². The Hall–Kier alpha value is -3.49. The summed E-state index contributed by atoms with van der Waals surface area (Å²) >= 11 is 0. The number of rotatable bonds is 3. The summed E-state index contributed by atoms with van der Waals surface area (Å²) in [6.07, 6.45) is -3.90. The first kappa shape index (κ1) is 18.3. The molecule has 27 heavy (non-hydrogen) atoms. The lowest BCUT2D eigenvalue weighted by Crippen LogP contribution is -2.24. The van der Waals surface area contributed by atoms with Crippen LogP contribution in [0.25, 0.3) is 11.4 Å². The van der Waals surface area contributed by atoms with Crippen LogP contribution in [-0.2, 0) is 6.18 Å². The number of halogens is 4. The number of benzene rings is 2. The Morgan fingerprint density at radius 1 is 1.07 bits per heavy atom. The van der Waals surface area contributed by atoms with Crippen LogP contribution in [0.2, 0.25) is 0 Å². The SMILES string of the molecule is O=C(Nc1ccc(F)c(C(F)(F)F)c1)c1cnc(-c2ccccc2)[nH]c1=O. The number of anilines is 1. The maximum absolute atomic E-state index is 13.3. The lowest BCUT2D eigenvalue weighted by molar-refractivity contribution is -0.139. The first-order valence-corrected chi connectivity index (χ1v) is 7.58. The molecule has 1 aromatic heterocycles. The second kappa shape index (κ2) is 7.02. The molecular formula is C18H11F4N3O2. The number of nitrogens with one attached hydrogen (secondary N) is 2. The molecule has 0 bridgehead atoms. The minimum atomic E-state index is -4.92. The predicted molar refractivity (Wildman–Crippen MR) is 89.6 cm³/mol. The summed E-state index contributed by atoms with van der Waals surface area (Å²) in [6, 6.07) is 10.7. The third-order valence-electron chi connectivity index (χ3n) is 3.62. The molecule has 0 fully saturated rings. The highest BCUT2D eigenvalue weighted by molar-refractivity contribution is 6.03. The van der Waals surface area contributed by atoms with Gasteiger partial charge in [0, 0.05) is 17.4 Å². The summed E-state index contributed by atoms with van der Waals surface area (Å²) < 4.78 is 51.5. The summed E-state index contributed by atoms with van der Waals surface area (Å²) in [5.74, 6) is -2.20. The van der Waals surface area contributed by atoms with Gasteiger partial charge in [-0.25, -0.2) is 9.37 Å². The molecule has 0 atom stereocenters. The Bertz CT molecular complexity index is 1050. The van der Waals surface area contributed by atoms with Crippen molar-refractivity contribution in [2.24, 2.45) is 0 Å². The third-order valence-corrected chi connectivity index (χ3v) is 3.62. The van der Waals surface area contributed by atoms with Gasteiger partial charge in [0.2, 0.25) is 0 Å². The van der Waals surface area contributed by atoms with E-state index < -0.39 is 34.6 Å². The van der Waals surface area contributed by atoms with Crippen molar-refractivity contribution >= 4 is 11.6 Å². The molecule has 0 radical (unpaired) electrons. The number of aromatic amines is 1. The van der Waals surface area contributed by atoms with Crippen LogP contribution in [-0.4, -0.2) is 15.9 Å². The second-order valence-corrected chi connectivity index (χ2v) is 5.49. The van der Waals surface area contributed by atoms with E-state index in [1.54, 1.807) is 30.3 Å². The molecule has 0 spiro atoms. The van der Waals surface area contributed by atoms with Gasteiger partial charge < -0.3 is 10.3 Å². The number of carbonyl (C=O) groups excluding carboxylic acids is 1. The fraction of sp³-hybridized carbons (Fsp3) is 0.0556. The fourth-order valence-corrected chi connectivity index (χ4v) is 2.32. The van der Waals surface area contributed by atoms with Gasteiger partial charge >= 0.3 is 6.18 Å². The normalized spacial score (nSPS) is 11.3. The maximum Gasteiger partial charge on any atom is 0.419 e. The molecule has 1 amide bonds. The van der Waals surface area contributed by atoms with Crippen LogP contribution in [0, 0.1) is 5.82 Å². The van der Waals surface area contributed by atoms with E-state index in [1.165, 1.54) is 0 Å². The molecule has 0 saturated heterocycles. The van der Waals surface area contributed by atoms with Crippen LogP contribution < -0.4 is 10.9 Å². The van der Waals surface area contributed by atoms with Gasteiger partial charge in [0.05, 0.1) is 5.56 Å². The number of carbonyl (C=O) groups is 1. The van der Waals surface area contributed by atoms with E-state index in [1.807, 2.05) is 0 Å². The zero-order valence-electron chi connectivity index (χ0n) is 13.5. The molecule has 3 aromatic rings. The quantitative estimate of drug-likeness (QED) is 0.681. The number of amides is 1. The average Bonchev–Trinajstić information content (AvgIpc) is 2.63. The summed E-state index contributed by atoms with van der Waals surface area (Å²) in [5.41, 5.74) is -2.37. The van der Waals surface area contributed by atoms with E-state index in [-0.39, 0.29) is 11.5 Å². The number of hydrogen-bond acceptors (Lipinski definition) is 3. The summed E-state index contributed by atoms with van der Waals surface area (Å²) in [4.78, 5) is 30.7. The topological polar surface area (TPSA) is 74.8 Å². The molecule has 0 unspecified atom stereocenters. The highest BCUT2D eigenvalue weighted by Crippen LogP contribution is 2.33. The summed E-state index contributed by atoms with van der Waals surface area (Å²) in [7, 11) is 0. The van der Waals surface area contributed by atoms with Gasteiger partial charge in [-0.05, 0) is 18.2 Å². The molecule has 9 heteroatoms. The van der Waals surface area contributed by atoms with Crippen LogP contribution in [0.5, 0.6) is 0 Å². The Balaban J connectivity index is 1.86. The maximum atomic E-state index is 13.3. The summed E-state index contributed by atoms with van der Waals surface area (Å²) in [5, 5.41) is 2.13.